The average Bonchev–Trinajstić information content (AvgIpc) is 3.46. The molecule has 0 saturated carbocycles. The lowest BCUT2D eigenvalue weighted by molar-refractivity contribution is -0.137. The van der Waals surface area contributed by atoms with Crippen molar-refractivity contribution in [3.8, 4) is 0 Å². The summed E-state index contributed by atoms with van der Waals surface area (Å²) in [5, 5.41) is 1.18. The van der Waals surface area contributed by atoms with Gasteiger partial charge in [-0.2, -0.15) is 0 Å². The minimum Gasteiger partial charge on any atom is -0.464 e. The first kappa shape index (κ1) is 17.2. The van der Waals surface area contributed by atoms with Crippen molar-refractivity contribution in [2.24, 2.45) is 5.92 Å². The maximum Gasteiger partial charge on any atom is 0.243 e. The molecule has 0 unspecified atom stereocenters. The fourth-order valence-electron chi connectivity index (χ4n) is 6.17. The zero-order chi connectivity index (χ0) is 19.6. The van der Waals surface area contributed by atoms with Crippen LogP contribution in [0.5, 0.6) is 0 Å². The van der Waals surface area contributed by atoms with E-state index in [1.165, 1.54) is 10.9 Å². The highest BCUT2D eigenvalue weighted by Crippen LogP contribution is 2.56. The number of benzene rings is 1. The van der Waals surface area contributed by atoms with Crippen molar-refractivity contribution in [2.45, 2.75) is 44.3 Å². The van der Waals surface area contributed by atoms with Gasteiger partial charge in [0.15, 0.2) is 0 Å². The molecule has 1 amide bonds. The van der Waals surface area contributed by atoms with Crippen LogP contribution in [0.1, 0.15) is 42.4 Å². The van der Waals surface area contributed by atoms with Gasteiger partial charge in [0.05, 0.1) is 12.1 Å². The second-order valence-electron chi connectivity index (χ2n) is 8.79. The van der Waals surface area contributed by atoms with Crippen LogP contribution in [0.3, 0.4) is 0 Å². The molecule has 29 heavy (non-hydrogen) atoms. The molecule has 5 heterocycles. The van der Waals surface area contributed by atoms with Gasteiger partial charge >= 0.3 is 0 Å². The predicted molar refractivity (Wildman–Crippen MR) is 110 cm³/mol. The summed E-state index contributed by atoms with van der Waals surface area (Å²) in [5.74, 6) is 2.45. The highest BCUT2D eigenvalue weighted by Gasteiger charge is 2.65. The molecular formula is C24H25N3O2. The monoisotopic (exact) mass is 387 g/mol. The second-order valence-corrected chi connectivity index (χ2v) is 8.79. The van der Waals surface area contributed by atoms with E-state index in [0.29, 0.717) is 18.4 Å². The molecule has 3 aromatic rings. The van der Waals surface area contributed by atoms with E-state index in [1.54, 1.807) is 0 Å². The number of hydrogen-bond acceptors (Lipinski definition) is 4. The van der Waals surface area contributed by atoms with E-state index in [4.69, 9.17) is 4.42 Å². The number of rotatable bonds is 3. The Labute approximate surface area is 170 Å². The molecule has 5 heteroatoms. The summed E-state index contributed by atoms with van der Waals surface area (Å²) in [6.07, 6.45) is 4.96. The minimum atomic E-state index is -0.330. The third-order valence-corrected chi connectivity index (χ3v) is 7.29. The van der Waals surface area contributed by atoms with Crippen LogP contribution in [0.15, 0.2) is 53.1 Å². The summed E-state index contributed by atoms with van der Waals surface area (Å²) in [4.78, 5) is 22.9. The molecule has 1 aromatic carbocycles. The molecule has 5 nitrogen and oxygen atoms in total. The Morgan fingerprint density at radius 3 is 2.97 bits per heavy atom. The van der Waals surface area contributed by atoms with Gasteiger partial charge in [0.2, 0.25) is 5.91 Å². The Hall–Kier alpha value is -2.66. The zero-order valence-corrected chi connectivity index (χ0v) is 16.7. The van der Waals surface area contributed by atoms with Crippen molar-refractivity contribution < 1.29 is 9.21 Å². The fourth-order valence-corrected chi connectivity index (χ4v) is 6.17. The molecular weight excluding hydrogens is 362 g/mol. The third kappa shape index (κ3) is 2.37. The molecule has 0 aliphatic carbocycles. The maximum atomic E-state index is 13.7. The first-order valence-electron chi connectivity index (χ1n) is 10.6. The standard InChI is InChI=1S/C24H25N3O2/c1-16-8-9-19(29-16)15-26-14-18-13-21(27-12-4-10-24(18,27)23(26)28)20-7-2-5-17-6-3-11-25-22(17)20/h2-3,5-9,11,18,21H,4,10,12-15H2,1H3/t18-,21-,24-/m0/s1. The van der Waals surface area contributed by atoms with Crippen molar-refractivity contribution in [1.82, 2.24) is 14.8 Å². The van der Waals surface area contributed by atoms with Gasteiger partial charge in [-0.15, -0.1) is 0 Å². The Bertz CT molecular complexity index is 1100. The fraction of sp³-hybridized carbons (Fsp3) is 0.417. The Kier molecular flexibility index (Phi) is 3.66. The van der Waals surface area contributed by atoms with Crippen LogP contribution in [0.25, 0.3) is 10.9 Å². The molecule has 0 N–H and O–H groups in total. The number of pyridine rings is 1. The number of aromatic nitrogens is 1. The van der Waals surface area contributed by atoms with Gasteiger partial charge in [0.25, 0.3) is 0 Å². The molecule has 3 saturated heterocycles. The lowest BCUT2D eigenvalue weighted by Crippen LogP contribution is -2.49. The summed E-state index contributed by atoms with van der Waals surface area (Å²) in [7, 11) is 0. The number of likely N-dealkylation sites (tertiary alicyclic amines) is 1. The van der Waals surface area contributed by atoms with Crippen LogP contribution in [0.4, 0.5) is 0 Å². The van der Waals surface area contributed by atoms with Crippen LogP contribution in [0, 0.1) is 12.8 Å². The van der Waals surface area contributed by atoms with Gasteiger partial charge in [-0.25, -0.2) is 0 Å². The van der Waals surface area contributed by atoms with E-state index in [-0.39, 0.29) is 11.6 Å². The van der Waals surface area contributed by atoms with Crippen molar-refractivity contribution in [3.05, 3.63) is 65.7 Å². The third-order valence-electron chi connectivity index (χ3n) is 7.29. The molecule has 3 atom stereocenters. The Balaban J connectivity index is 1.35. The van der Waals surface area contributed by atoms with Crippen LogP contribution in [-0.4, -0.2) is 39.3 Å². The topological polar surface area (TPSA) is 49.6 Å². The lowest BCUT2D eigenvalue weighted by atomic mass is 9.85. The molecule has 3 aliphatic heterocycles. The molecule has 6 rings (SSSR count). The molecule has 148 valence electrons. The largest absolute Gasteiger partial charge is 0.464 e. The van der Waals surface area contributed by atoms with E-state index in [0.717, 1.165) is 49.4 Å². The molecule has 0 bridgehead atoms. The number of furan rings is 1. The number of fused-ring (bicyclic) bond motifs is 1. The summed E-state index contributed by atoms with van der Waals surface area (Å²) in [5.41, 5.74) is 2.03. The van der Waals surface area contributed by atoms with E-state index >= 15 is 0 Å². The van der Waals surface area contributed by atoms with Gasteiger partial charge in [0.1, 0.15) is 17.1 Å². The highest BCUT2D eigenvalue weighted by molar-refractivity contribution is 5.90. The number of nitrogens with zero attached hydrogens (tertiary/aromatic N) is 3. The molecule has 0 radical (unpaired) electrons. The van der Waals surface area contributed by atoms with Crippen LogP contribution in [0.2, 0.25) is 0 Å². The number of hydrogen-bond donors (Lipinski definition) is 0. The van der Waals surface area contributed by atoms with E-state index in [1.807, 2.05) is 36.2 Å². The second kappa shape index (κ2) is 6.17. The van der Waals surface area contributed by atoms with Gasteiger partial charge in [-0.3, -0.25) is 14.7 Å². The number of aryl methyl sites for hydroxylation is 1. The van der Waals surface area contributed by atoms with E-state index < -0.39 is 0 Å². The van der Waals surface area contributed by atoms with Gasteiger partial charge in [-0.05, 0) is 56.5 Å². The highest BCUT2D eigenvalue weighted by atomic mass is 16.3. The molecule has 1 spiro atoms. The number of carbonyl (C=O) groups is 1. The maximum absolute atomic E-state index is 13.7. The van der Waals surface area contributed by atoms with Crippen molar-refractivity contribution in [3.63, 3.8) is 0 Å². The normalized spacial score (nSPS) is 29.0. The molecule has 2 aromatic heterocycles. The van der Waals surface area contributed by atoms with Crippen molar-refractivity contribution >= 4 is 16.8 Å². The van der Waals surface area contributed by atoms with Crippen LogP contribution >= 0.6 is 0 Å². The first-order chi connectivity index (χ1) is 14.2. The predicted octanol–water partition coefficient (Wildman–Crippen LogP) is 4.07. The van der Waals surface area contributed by atoms with E-state index in [9.17, 15) is 4.79 Å². The lowest BCUT2D eigenvalue weighted by Gasteiger charge is -2.33. The Morgan fingerprint density at radius 1 is 1.21 bits per heavy atom. The molecule has 3 fully saturated rings. The SMILES string of the molecule is Cc1ccc(CN2C[C@@H]3C[C@@H](c4cccc5cccnc45)N4CCC[C@@]34C2=O)o1. The zero-order valence-electron chi connectivity index (χ0n) is 16.7. The van der Waals surface area contributed by atoms with Crippen LogP contribution in [-0.2, 0) is 11.3 Å². The number of carbonyl (C=O) groups excluding carboxylic acids is 1. The smallest absolute Gasteiger partial charge is 0.243 e. The van der Waals surface area contributed by atoms with Gasteiger partial charge in [-0.1, -0.05) is 24.3 Å². The minimum absolute atomic E-state index is 0.276. The number of para-hydroxylation sites is 1. The van der Waals surface area contributed by atoms with Crippen molar-refractivity contribution in [2.75, 3.05) is 13.1 Å². The summed E-state index contributed by atoms with van der Waals surface area (Å²) in [6, 6.07) is 14.8. The summed E-state index contributed by atoms with van der Waals surface area (Å²) < 4.78 is 5.75. The number of amides is 1. The van der Waals surface area contributed by atoms with E-state index in [2.05, 4.69) is 34.1 Å². The van der Waals surface area contributed by atoms with Gasteiger partial charge < -0.3 is 9.32 Å². The quantitative estimate of drug-likeness (QED) is 0.680. The summed E-state index contributed by atoms with van der Waals surface area (Å²) >= 11 is 0. The molecule has 3 aliphatic rings. The first-order valence-corrected chi connectivity index (χ1v) is 10.6. The average molecular weight is 387 g/mol. The van der Waals surface area contributed by atoms with Crippen LogP contribution < -0.4 is 0 Å². The Morgan fingerprint density at radius 2 is 2.10 bits per heavy atom. The summed E-state index contributed by atoms with van der Waals surface area (Å²) in [6.45, 7) is 4.34. The van der Waals surface area contributed by atoms with Gasteiger partial charge in [0, 0.05) is 30.1 Å². The van der Waals surface area contributed by atoms with Crippen molar-refractivity contribution in [1.29, 1.82) is 0 Å².